The van der Waals surface area contributed by atoms with Crippen LogP contribution in [0.25, 0.3) is 10.8 Å². The summed E-state index contributed by atoms with van der Waals surface area (Å²) in [6.45, 7) is 0. The molecule has 0 saturated carbocycles. The molecule has 3 rings (SSSR count). The first-order valence-corrected chi connectivity index (χ1v) is 8.29. The highest BCUT2D eigenvalue weighted by molar-refractivity contribution is 6.07. The van der Waals surface area contributed by atoms with E-state index in [1.165, 1.54) is 12.1 Å². The molecule has 27 heavy (non-hydrogen) atoms. The predicted molar refractivity (Wildman–Crippen MR) is 99.9 cm³/mol. The monoisotopic (exact) mass is 363 g/mol. The molecule has 0 fully saturated rings. The Morgan fingerprint density at radius 3 is 2.19 bits per heavy atom. The SMILES string of the molecule is O=C(O)c1ccc(C[C@@H](NC(=O)c2cccc3ccccc23)C(=O)O)cc1. The topological polar surface area (TPSA) is 104 Å². The lowest BCUT2D eigenvalue weighted by atomic mass is 10.0. The smallest absolute Gasteiger partial charge is 0.335 e. The largest absolute Gasteiger partial charge is 0.480 e. The maximum atomic E-state index is 12.7. The van der Waals surface area contributed by atoms with Gasteiger partial charge in [0.05, 0.1) is 5.56 Å². The number of nitrogens with one attached hydrogen (secondary N) is 1. The minimum Gasteiger partial charge on any atom is -0.480 e. The number of hydrogen-bond donors (Lipinski definition) is 3. The van der Waals surface area contributed by atoms with E-state index in [-0.39, 0.29) is 12.0 Å². The van der Waals surface area contributed by atoms with Gasteiger partial charge in [-0.2, -0.15) is 0 Å². The second kappa shape index (κ2) is 7.70. The molecule has 0 bridgehead atoms. The number of carbonyl (C=O) groups is 3. The van der Waals surface area contributed by atoms with E-state index in [4.69, 9.17) is 5.11 Å². The zero-order valence-electron chi connectivity index (χ0n) is 14.3. The maximum Gasteiger partial charge on any atom is 0.335 e. The van der Waals surface area contributed by atoms with Gasteiger partial charge in [0.2, 0.25) is 0 Å². The number of aromatic carboxylic acids is 1. The molecule has 3 N–H and O–H groups in total. The van der Waals surface area contributed by atoms with Crippen molar-refractivity contribution >= 4 is 28.6 Å². The van der Waals surface area contributed by atoms with Crippen LogP contribution in [0.1, 0.15) is 26.3 Å². The Balaban J connectivity index is 1.80. The minimum atomic E-state index is -1.16. The summed E-state index contributed by atoms with van der Waals surface area (Å²) in [6.07, 6.45) is 0.0474. The van der Waals surface area contributed by atoms with Crippen molar-refractivity contribution < 1.29 is 24.6 Å². The molecule has 136 valence electrons. The summed E-state index contributed by atoms with van der Waals surface area (Å²) < 4.78 is 0. The Bertz CT molecular complexity index is 1010. The number of benzene rings is 3. The van der Waals surface area contributed by atoms with Gasteiger partial charge in [-0.15, -0.1) is 0 Å². The van der Waals surface area contributed by atoms with Crippen LogP contribution in [0.5, 0.6) is 0 Å². The number of amides is 1. The summed E-state index contributed by atoms with van der Waals surface area (Å²) in [6, 6.07) is 17.4. The van der Waals surface area contributed by atoms with Gasteiger partial charge in [-0.25, -0.2) is 9.59 Å². The number of aliphatic carboxylic acids is 1. The van der Waals surface area contributed by atoms with Crippen LogP contribution >= 0.6 is 0 Å². The van der Waals surface area contributed by atoms with E-state index in [0.717, 1.165) is 10.8 Å². The third-order valence-electron chi connectivity index (χ3n) is 4.28. The molecular weight excluding hydrogens is 346 g/mol. The van der Waals surface area contributed by atoms with E-state index in [1.807, 2.05) is 30.3 Å². The van der Waals surface area contributed by atoms with Crippen LogP contribution in [0.2, 0.25) is 0 Å². The van der Waals surface area contributed by atoms with Gasteiger partial charge in [0.25, 0.3) is 5.91 Å². The number of rotatable bonds is 6. The molecule has 1 amide bonds. The fraction of sp³-hybridized carbons (Fsp3) is 0.0952. The Labute approximate surface area is 155 Å². The average Bonchev–Trinajstić information content (AvgIpc) is 2.67. The molecule has 0 radical (unpaired) electrons. The Morgan fingerprint density at radius 1 is 0.852 bits per heavy atom. The van der Waals surface area contributed by atoms with E-state index in [9.17, 15) is 19.5 Å². The van der Waals surface area contributed by atoms with Crippen molar-refractivity contribution in [3.8, 4) is 0 Å². The average molecular weight is 363 g/mol. The van der Waals surface area contributed by atoms with Gasteiger partial charge < -0.3 is 15.5 Å². The van der Waals surface area contributed by atoms with E-state index >= 15 is 0 Å². The minimum absolute atomic E-state index is 0.0474. The van der Waals surface area contributed by atoms with Crippen LogP contribution in [-0.4, -0.2) is 34.1 Å². The maximum absolute atomic E-state index is 12.7. The van der Waals surface area contributed by atoms with Crippen molar-refractivity contribution in [2.24, 2.45) is 0 Å². The standard InChI is InChI=1S/C21H17NO5/c23-19(17-7-3-5-14-4-1-2-6-16(14)17)22-18(21(26)27)12-13-8-10-15(11-9-13)20(24)25/h1-11,18H,12H2,(H,22,23)(H,24,25)(H,26,27)/t18-/m1/s1. The molecule has 0 aromatic heterocycles. The number of fused-ring (bicyclic) bond motifs is 1. The third-order valence-corrected chi connectivity index (χ3v) is 4.28. The number of hydrogen-bond acceptors (Lipinski definition) is 3. The van der Waals surface area contributed by atoms with Gasteiger partial charge in [0.15, 0.2) is 0 Å². The first-order valence-electron chi connectivity index (χ1n) is 8.29. The van der Waals surface area contributed by atoms with Crippen LogP contribution in [0, 0.1) is 0 Å². The molecule has 0 aliphatic heterocycles. The fourth-order valence-electron chi connectivity index (χ4n) is 2.88. The molecular formula is C21H17NO5. The highest BCUT2D eigenvalue weighted by atomic mass is 16.4. The molecule has 3 aromatic carbocycles. The summed E-state index contributed by atoms with van der Waals surface area (Å²) in [5.74, 6) is -2.69. The van der Waals surface area contributed by atoms with Gasteiger partial charge in [0.1, 0.15) is 6.04 Å². The van der Waals surface area contributed by atoms with Crippen LogP contribution in [0.3, 0.4) is 0 Å². The van der Waals surface area contributed by atoms with Crippen molar-refractivity contribution in [3.63, 3.8) is 0 Å². The zero-order chi connectivity index (χ0) is 19.4. The summed E-state index contributed by atoms with van der Waals surface area (Å²) in [7, 11) is 0. The third kappa shape index (κ3) is 4.12. The molecule has 0 saturated heterocycles. The Morgan fingerprint density at radius 2 is 1.52 bits per heavy atom. The molecule has 6 heteroatoms. The van der Waals surface area contributed by atoms with Crippen LogP contribution in [0.15, 0.2) is 66.7 Å². The molecule has 6 nitrogen and oxygen atoms in total. The van der Waals surface area contributed by atoms with Crippen molar-refractivity contribution in [2.45, 2.75) is 12.5 Å². The van der Waals surface area contributed by atoms with Gasteiger partial charge in [-0.1, -0.05) is 48.5 Å². The van der Waals surface area contributed by atoms with Crippen LogP contribution in [0.4, 0.5) is 0 Å². The second-order valence-electron chi connectivity index (χ2n) is 6.10. The van der Waals surface area contributed by atoms with E-state index in [1.54, 1.807) is 24.3 Å². The van der Waals surface area contributed by atoms with Crippen molar-refractivity contribution in [2.75, 3.05) is 0 Å². The predicted octanol–water partition coefficient (Wildman–Crippen LogP) is 2.96. The summed E-state index contributed by atoms with van der Waals surface area (Å²) in [4.78, 5) is 35.2. The molecule has 1 atom stereocenters. The lowest BCUT2D eigenvalue weighted by molar-refractivity contribution is -0.139. The van der Waals surface area contributed by atoms with Gasteiger partial charge in [0, 0.05) is 12.0 Å². The molecule has 0 heterocycles. The normalized spacial score (nSPS) is 11.7. The van der Waals surface area contributed by atoms with Crippen LogP contribution in [-0.2, 0) is 11.2 Å². The second-order valence-corrected chi connectivity index (χ2v) is 6.10. The Kier molecular flexibility index (Phi) is 5.17. The Hall–Kier alpha value is -3.67. The summed E-state index contributed by atoms with van der Waals surface area (Å²) in [5.41, 5.74) is 1.14. The molecule has 0 spiro atoms. The number of carboxylic acid groups (broad SMARTS) is 2. The zero-order valence-corrected chi connectivity index (χ0v) is 14.3. The van der Waals surface area contributed by atoms with Crippen molar-refractivity contribution in [3.05, 3.63) is 83.4 Å². The van der Waals surface area contributed by atoms with E-state index < -0.39 is 23.9 Å². The molecule has 0 unspecified atom stereocenters. The molecule has 3 aromatic rings. The van der Waals surface area contributed by atoms with Gasteiger partial charge in [-0.05, 0) is 34.5 Å². The highest BCUT2D eigenvalue weighted by Gasteiger charge is 2.22. The van der Waals surface area contributed by atoms with Crippen molar-refractivity contribution in [1.29, 1.82) is 0 Å². The van der Waals surface area contributed by atoms with Crippen molar-refractivity contribution in [1.82, 2.24) is 5.32 Å². The number of carbonyl (C=O) groups excluding carboxylic acids is 1. The lowest BCUT2D eigenvalue weighted by Gasteiger charge is -2.16. The summed E-state index contributed by atoms with van der Waals surface area (Å²) in [5, 5.41) is 22.6. The van der Waals surface area contributed by atoms with Gasteiger partial charge >= 0.3 is 11.9 Å². The van der Waals surface area contributed by atoms with E-state index in [0.29, 0.717) is 11.1 Å². The van der Waals surface area contributed by atoms with E-state index in [2.05, 4.69) is 5.32 Å². The first kappa shape index (κ1) is 18.1. The first-order chi connectivity index (χ1) is 13.0. The highest BCUT2D eigenvalue weighted by Crippen LogP contribution is 2.18. The summed E-state index contributed by atoms with van der Waals surface area (Å²) >= 11 is 0. The quantitative estimate of drug-likeness (QED) is 0.625. The molecule has 0 aliphatic carbocycles. The van der Waals surface area contributed by atoms with Gasteiger partial charge in [-0.3, -0.25) is 4.79 Å². The molecule has 0 aliphatic rings. The fourth-order valence-corrected chi connectivity index (χ4v) is 2.88. The van der Waals surface area contributed by atoms with Crippen LogP contribution < -0.4 is 5.32 Å². The number of carboxylic acids is 2. The lowest BCUT2D eigenvalue weighted by Crippen LogP contribution is -2.42.